The number of nitrogens with one attached hydrogen (secondary N) is 1. The third-order valence-electron chi connectivity index (χ3n) is 6.65. The number of ether oxygens (including phenoxy) is 2. The molecular weight excluding hydrogens is 444 g/mol. The van der Waals surface area contributed by atoms with Gasteiger partial charge in [-0.25, -0.2) is 4.98 Å². The summed E-state index contributed by atoms with van der Waals surface area (Å²) >= 11 is 0. The second kappa shape index (κ2) is 9.66. The summed E-state index contributed by atoms with van der Waals surface area (Å²) in [5, 5.41) is 2.85. The number of methoxy groups -OCH3 is 2. The number of carbonyl (C=O) groups is 1. The van der Waals surface area contributed by atoms with Crippen molar-refractivity contribution in [3.05, 3.63) is 82.4 Å². The van der Waals surface area contributed by atoms with Gasteiger partial charge in [0.25, 0.3) is 5.56 Å². The monoisotopic (exact) mass is 472 g/mol. The Balaban J connectivity index is 1.22. The summed E-state index contributed by atoms with van der Waals surface area (Å²) in [6.07, 6.45) is 5.97. The summed E-state index contributed by atoms with van der Waals surface area (Å²) in [6.45, 7) is 2.44. The van der Waals surface area contributed by atoms with E-state index < -0.39 is 0 Å². The van der Waals surface area contributed by atoms with E-state index in [4.69, 9.17) is 9.47 Å². The first-order chi connectivity index (χ1) is 17.0. The second-order valence-electron chi connectivity index (χ2n) is 8.95. The maximum absolute atomic E-state index is 12.4. The minimum Gasteiger partial charge on any atom is -0.493 e. The van der Waals surface area contributed by atoms with Gasteiger partial charge in [-0.15, -0.1) is 0 Å². The Bertz CT molecular complexity index is 1320. The normalized spacial score (nSPS) is 18.7. The van der Waals surface area contributed by atoms with E-state index in [0.29, 0.717) is 29.0 Å². The molecule has 0 aliphatic carbocycles. The number of fused-ring (bicyclic) bond motifs is 4. The summed E-state index contributed by atoms with van der Waals surface area (Å²) in [5.74, 6) is 2.61. The van der Waals surface area contributed by atoms with Crippen LogP contribution in [0.15, 0.2) is 65.6 Å². The minimum absolute atomic E-state index is 0.0871. The molecule has 0 spiro atoms. The molecule has 1 N–H and O–H groups in total. The summed E-state index contributed by atoms with van der Waals surface area (Å²) in [4.78, 5) is 31.5. The quantitative estimate of drug-likeness (QED) is 0.553. The van der Waals surface area contributed by atoms with Crippen molar-refractivity contribution in [3.63, 3.8) is 0 Å². The highest BCUT2D eigenvalue weighted by Crippen LogP contribution is 2.36. The summed E-state index contributed by atoms with van der Waals surface area (Å²) in [6, 6.07) is 14.8. The van der Waals surface area contributed by atoms with Crippen LogP contribution in [0.5, 0.6) is 11.5 Å². The zero-order valence-electron chi connectivity index (χ0n) is 19.8. The highest BCUT2D eigenvalue weighted by atomic mass is 16.5. The average molecular weight is 473 g/mol. The Morgan fingerprint density at radius 3 is 2.69 bits per heavy atom. The molecule has 180 valence electrons. The van der Waals surface area contributed by atoms with Gasteiger partial charge in [0.05, 0.1) is 26.1 Å². The summed E-state index contributed by atoms with van der Waals surface area (Å²) in [7, 11) is 3.16. The fourth-order valence-electron chi connectivity index (χ4n) is 5.04. The molecule has 8 heteroatoms. The van der Waals surface area contributed by atoms with Gasteiger partial charge in [-0.1, -0.05) is 12.1 Å². The van der Waals surface area contributed by atoms with Crippen LogP contribution >= 0.6 is 0 Å². The van der Waals surface area contributed by atoms with Gasteiger partial charge in [0.15, 0.2) is 11.5 Å². The molecular formula is C27H28N4O4. The van der Waals surface area contributed by atoms with Crippen LogP contribution in [0, 0.1) is 5.92 Å². The topological polar surface area (TPSA) is 85.7 Å². The smallest absolute Gasteiger partial charge is 0.250 e. The lowest BCUT2D eigenvalue weighted by Gasteiger charge is -2.43. The van der Waals surface area contributed by atoms with Gasteiger partial charge in [-0.05, 0) is 54.3 Å². The predicted octanol–water partition coefficient (Wildman–Crippen LogP) is 3.54. The summed E-state index contributed by atoms with van der Waals surface area (Å²) in [5.41, 5.74) is 2.66. The fourth-order valence-corrected chi connectivity index (χ4v) is 5.04. The molecule has 2 aliphatic rings. The SMILES string of the molecule is COc1ccc(C=CC(=O)Nc2ccc(N3CC4CC(C3)c3cccc(=O)n3C4)nc2)cc1OC. The largest absolute Gasteiger partial charge is 0.493 e. The predicted molar refractivity (Wildman–Crippen MR) is 135 cm³/mol. The molecule has 0 radical (unpaired) electrons. The van der Waals surface area contributed by atoms with Crippen LogP contribution in [0.1, 0.15) is 23.6 Å². The van der Waals surface area contributed by atoms with Crippen LogP contribution in [-0.2, 0) is 11.3 Å². The molecule has 2 unspecified atom stereocenters. The molecule has 2 atom stereocenters. The molecule has 5 rings (SSSR count). The van der Waals surface area contributed by atoms with Crippen LogP contribution in [-0.4, -0.2) is 42.8 Å². The molecule has 35 heavy (non-hydrogen) atoms. The number of anilines is 2. The lowest BCUT2D eigenvalue weighted by Crippen LogP contribution is -2.47. The first kappa shape index (κ1) is 22.7. The second-order valence-corrected chi connectivity index (χ2v) is 8.95. The van der Waals surface area contributed by atoms with Crippen molar-refractivity contribution in [3.8, 4) is 11.5 Å². The number of piperidine rings is 1. The molecule has 8 nitrogen and oxygen atoms in total. The van der Waals surface area contributed by atoms with E-state index in [9.17, 15) is 9.59 Å². The molecule has 2 aromatic heterocycles. The molecule has 2 aliphatic heterocycles. The maximum Gasteiger partial charge on any atom is 0.250 e. The number of amides is 1. The molecule has 1 fully saturated rings. The van der Waals surface area contributed by atoms with Crippen molar-refractivity contribution in [1.82, 2.24) is 9.55 Å². The van der Waals surface area contributed by atoms with Gasteiger partial charge in [0, 0.05) is 43.4 Å². The van der Waals surface area contributed by atoms with Crippen LogP contribution in [0.2, 0.25) is 0 Å². The Hall–Kier alpha value is -4.07. The fraction of sp³-hybridized carbons (Fsp3) is 0.296. The maximum atomic E-state index is 12.4. The number of hydrogen-bond acceptors (Lipinski definition) is 6. The molecule has 4 heterocycles. The lowest BCUT2D eigenvalue weighted by molar-refractivity contribution is -0.111. The first-order valence-electron chi connectivity index (χ1n) is 11.7. The van der Waals surface area contributed by atoms with Crippen LogP contribution in [0.3, 0.4) is 0 Å². The Morgan fingerprint density at radius 2 is 1.91 bits per heavy atom. The average Bonchev–Trinajstić information content (AvgIpc) is 2.88. The van der Waals surface area contributed by atoms with Gasteiger partial charge in [-0.3, -0.25) is 9.59 Å². The van der Waals surface area contributed by atoms with Gasteiger partial charge in [0.1, 0.15) is 5.82 Å². The molecule has 0 saturated carbocycles. The van der Waals surface area contributed by atoms with E-state index >= 15 is 0 Å². The van der Waals surface area contributed by atoms with Crippen LogP contribution < -0.4 is 25.2 Å². The molecule has 1 aromatic carbocycles. The number of carbonyl (C=O) groups excluding carboxylic acids is 1. The first-order valence-corrected chi connectivity index (χ1v) is 11.7. The van der Waals surface area contributed by atoms with Gasteiger partial charge < -0.3 is 24.3 Å². The van der Waals surface area contributed by atoms with Crippen molar-refractivity contribution in [2.45, 2.75) is 18.9 Å². The number of hydrogen-bond donors (Lipinski definition) is 1. The standard InChI is InChI=1S/C27H28N4O4/c1-34-23-9-6-18(13-24(23)35-2)7-11-26(32)29-21-8-10-25(28-14-21)30-15-19-12-20(17-30)22-4-3-5-27(33)31(22)16-19/h3-11,13-14,19-20H,12,15-17H2,1-2H3,(H,29,32). The van der Waals surface area contributed by atoms with E-state index in [1.807, 2.05) is 34.9 Å². The highest BCUT2D eigenvalue weighted by molar-refractivity contribution is 6.01. The molecule has 2 bridgehead atoms. The van der Waals surface area contributed by atoms with Gasteiger partial charge in [-0.2, -0.15) is 0 Å². The van der Waals surface area contributed by atoms with Crippen molar-refractivity contribution in [2.24, 2.45) is 5.92 Å². The number of aromatic nitrogens is 2. The Morgan fingerprint density at radius 1 is 1.06 bits per heavy atom. The van der Waals surface area contributed by atoms with E-state index in [1.165, 1.54) is 6.08 Å². The zero-order valence-corrected chi connectivity index (χ0v) is 19.8. The van der Waals surface area contributed by atoms with E-state index in [1.54, 1.807) is 38.6 Å². The van der Waals surface area contributed by atoms with E-state index in [-0.39, 0.29) is 11.5 Å². The number of pyridine rings is 2. The van der Waals surface area contributed by atoms with Gasteiger partial charge >= 0.3 is 0 Å². The van der Waals surface area contributed by atoms with E-state index in [0.717, 1.165) is 43.1 Å². The third kappa shape index (κ3) is 4.77. The Labute approximate surface area is 203 Å². The van der Waals surface area contributed by atoms with Gasteiger partial charge in [0.2, 0.25) is 5.91 Å². The van der Waals surface area contributed by atoms with Crippen molar-refractivity contribution in [1.29, 1.82) is 0 Å². The third-order valence-corrected chi connectivity index (χ3v) is 6.65. The summed E-state index contributed by atoms with van der Waals surface area (Å²) < 4.78 is 12.5. The highest BCUT2D eigenvalue weighted by Gasteiger charge is 2.34. The molecule has 1 saturated heterocycles. The molecule has 3 aromatic rings. The number of rotatable bonds is 6. The van der Waals surface area contributed by atoms with Crippen LogP contribution in [0.25, 0.3) is 6.08 Å². The lowest BCUT2D eigenvalue weighted by atomic mass is 9.83. The van der Waals surface area contributed by atoms with Crippen LogP contribution in [0.4, 0.5) is 11.5 Å². The number of benzene rings is 1. The Kier molecular flexibility index (Phi) is 6.27. The minimum atomic E-state index is -0.246. The zero-order chi connectivity index (χ0) is 24.4. The van der Waals surface area contributed by atoms with E-state index in [2.05, 4.69) is 21.3 Å². The van der Waals surface area contributed by atoms with Crippen molar-refractivity contribution in [2.75, 3.05) is 37.5 Å². The number of nitrogens with zero attached hydrogens (tertiary/aromatic N) is 3. The van der Waals surface area contributed by atoms with Crippen molar-refractivity contribution < 1.29 is 14.3 Å². The van der Waals surface area contributed by atoms with Crippen molar-refractivity contribution >= 4 is 23.5 Å². The molecule has 1 amide bonds.